The lowest BCUT2D eigenvalue weighted by Gasteiger charge is -2.35. The van der Waals surface area contributed by atoms with Crippen molar-refractivity contribution in [1.82, 2.24) is 19.2 Å². The van der Waals surface area contributed by atoms with Crippen LogP contribution < -0.4 is 0 Å². The fourth-order valence-corrected chi connectivity index (χ4v) is 3.11. The Bertz CT molecular complexity index is 687. The molecule has 1 atom stereocenters. The third kappa shape index (κ3) is 3.71. The molecular formula is C17H24N4O2. The highest BCUT2D eigenvalue weighted by molar-refractivity contribution is 5.78. The van der Waals surface area contributed by atoms with E-state index >= 15 is 0 Å². The second-order valence-corrected chi connectivity index (χ2v) is 6.36. The van der Waals surface area contributed by atoms with Gasteiger partial charge in [0, 0.05) is 45.1 Å². The largest absolute Gasteiger partial charge is 0.392 e. The molecule has 6 nitrogen and oxygen atoms in total. The van der Waals surface area contributed by atoms with Crippen molar-refractivity contribution in [1.29, 1.82) is 0 Å². The smallest absolute Gasteiger partial charge is 0.228 e. The third-order valence-electron chi connectivity index (χ3n) is 4.31. The fourth-order valence-electron chi connectivity index (χ4n) is 3.11. The van der Waals surface area contributed by atoms with Crippen LogP contribution in [0, 0.1) is 6.92 Å². The number of β-amino-alcohol motifs (C(OH)–C–C–N with tert-alkyl or cyclic N) is 1. The molecule has 1 fully saturated rings. The van der Waals surface area contributed by atoms with Crippen LogP contribution in [0.4, 0.5) is 0 Å². The maximum atomic E-state index is 12.5. The third-order valence-corrected chi connectivity index (χ3v) is 4.31. The summed E-state index contributed by atoms with van der Waals surface area (Å²) in [5.41, 5.74) is 2.84. The van der Waals surface area contributed by atoms with E-state index in [0.29, 0.717) is 13.0 Å². The van der Waals surface area contributed by atoms with Gasteiger partial charge in [0.2, 0.25) is 5.91 Å². The number of imidazole rings is 1. The quantitative estimate of drug-likeness (QED) is 0.902. The Morgan fingerprint density at radius 3 is 2.74 bits per heavy atom. The van der Waals surface area contributed by atoms with Crippen LogP contribution >= 0.6 is 0 Å². The maximum Gasteiger partial charge on any atom is 0.228 e. The molecule has 1 aliphatic heterocycles. The van der Waals surface area contributed by atoms with E-state index in [1.807, 2.05) is 40.8 Å². The molecule has 2 aromatic rings. The van der Waals surface area contributed by atoms with E-state index in [9.17, 15) is 9.90 Å². The molecule has 1 aliphatic rings. The van der Waals surface area contributed by atoms with Crippen molar-refractivity contribution >= 4 is 11.6 Å². The van der Waals surface area contributed by atoms with Crippen LogP contribution in [-0.4, -0.2) is 69.0 Å². The summed E-state index contributed by atoms with van der Waals surface area (Å²) in [6.45, 7) is 7.57. The molecule has 0 aliphatic carbocycles. The van der Waals surface area contributed by atoms with Crippen LogP contribution in [0.2, 0.25) is 0 Å². The van der Waals surface area contributed by atoms with Gasteiger partial charge in [0.05, 0.1) is 18.2 Å². The number of pyridine rings is 1. The summed E-state index contributed by atoms with van der Waals surface area (Å²) in [4.78, 5) is 21.1. The molecule has 124 valence electrons. The van der Waals surface area contributed by atoms with Crippen molar-refractivity contribution in [3.8, 4) is 0 Å². The molecule has 0 spiro atoms. The van der Waals surface area contributed by atoms with Crippen LogP contribution in [0.3, 0.4) is 0 Å². The molecule has 3 rings (SSSR count). The second-order valence-electron chi connectivity index (χ2n) is 6.36. The molecule has 3 heterocycles. The topological polar surface area (TPSA) is 61.1 Å². The Morgan fingerprint density at radius 1 is 1.35 bits per heavy atom. The Kier molecular flexibility index (Phi) is 4.63. The highest BCUT2D eigenvalue weighted by atomic mass is 16.3. The Hall–Kier alpha value is -1.92. The van der Waals surface area contributed by atoms with Gasteiger partial charge in [0.1, 0.15) is 5.65 Å². The molecule has 2 aromatic heterocycles. The monoisotopic (exact) mass is 316 g/mol. The first-order valence-electron chi connectivity index (χ1n) is 8.14. The number of aliphatic hydroxyl groups is 1. The summed E-state index contributed by atoms with van der Waals surface area (Å²) < 4.78 is 1.97. The Morgan fingerprint density at radius 2 is 2.09 bits per heavy atom. The highest BCUT2D eigenvalue weighted by Crippen LogP contribution is 2.12. The summed E-state index contributed by atoms with van der Waals surface area (Å²) >= 11 is 0. The molecule has 6 heteroatoms. The molecule has 1 saturated heterocycles. The number of hydrogen-bond acceptors (Lipinski definition) is 4. The molecule has 1 amide bonds. The number of fused-ring (bicyclic) bond motifs is 1. The van der Waals surface area contributed by atoms with E-state index in [0.717, 1.165) is 43.1 Å². The number of hydrogen-bond donors (Lipinski definition) is 1. The molecule has 0 unspecified atom stereocenters. The lowest BCUT2D eigenvalue weighted by molar-refractivity contribution is -0.132. The van der Waals surface area contributed by atoms with Gasteiger partial charge in [-0.3, -0.25) is 9.69 Å². The molecule has 23 heavy (non-hydrogen) atoms. The predicted molar refractivity (Wildman–Crippen MR) is 88.3 cm³/mol. The van der Waals surface area contributed by atoms with Crippen LogP contribution in [0.25, 0.3) is 5.65 Å². The van der Waals surface area contributed by atoms with Gasteiger partial charge in [-0.15, -0.1) is 0 Å². The number of carbonyl (C=O) groups is 1. The molecule has 0 radical (unpaired) electrons. The summed E-state index contributed by atoms with van der Waals surface area (Å²) in [6.07, 6.45) is 3.91. The zero-order valence-corrected chi connectivity index (χ0v) is 13.8. The minimum atomic E-state index is -0.321. The van der Waals surface area contributed by atoms with Crippen LogP contribution in [0.1, 0.15) is 18.2 Å². The van der Waals surface area contributed by atoms with Gasteiger partial charge in [-0.1, -0.05) is 6.07 Å². The van der Waals surface area contributed by atoms with Crippen molar-refractivity contribution < 1.29 is 9.90 Å². The number of nitrogens with zero attached hydrogens (tertiary/aromatic N) is 4. The van der Waals surface area contributed by atoms with Gasteiger partial charge in [-0.2, -0.15) is 0 Å². The number of aromatic nitrogens is 2. The average molecular weight is 316 g/mol. The minimum absolute atomic E-state index is 0.128. The van der Waals surface area contributed by atoms with Crippen molar-refractivity contribution in [3.63, 3.8) is 0 Å². The Balaban J connectivity index is 1.60. The van der Waals surface area contributed by atoms with E-state index in [4.69, 9.17) is 0 Å². The first-order chi connectivity index (χ1) is 11.0. The van der Waals surface area contributed by atoms with E-state index in [-0.39, 0.29) is 12.0 Å². The van der Waals surface area contributed by atoms with Crippen LogP contribution in [0.5, 0.6) is 0 Å². The van der Waals surface area contributed by atoms with Crippen molar-refractivity contribution in [2.45, 2.75) is 26.4 Å². The molecular weight excluding hydrogens is 292 g/mol. The van der Waals surface area contributed by atoms with E-state index in [1.54, 1.807) is 6.92 Å². The first kappa shape index (κ1) is 16.0. The Labute approximate surface area is 136 Å². The maximum absolute atomic E-state index is 12.5. The van der Waals surface area contributed by atoms with Crippen LogP contribution in [-0.2, 0) is 11.2 Å². The second kappa shape index (κ2) is 6.68. The number of aryl methyl sites for hydroxylation is 1. The van der Waals surface area contributed by atoms with E-state index in [1.165, 1.54) is 0 Å². The lowest BCUT2D eigenvalue weighted by atomic mass is 10.2. The van der Waals surface area contributed by atoms with E-state index < -0.39 is 0 Å². The van der Waals surface area contributed by atoms with Gasteiger partial charge in [-0.05, 0) is 25.5 Å². The fraction of sp³-hybridized carbons (Fsp3) is 0.529. The zero-order chi connectivity index (χ0) is 16.4. The zero-order valence-electron chi connectivity index (χ0n) is 13.8. The van der Waals surface area contributed by atoms with Crippen molar-refractivity contribution in [2.75, 3.05) is 32.7 Å². The van der Waals surface area contributed by atoms with Gasteiger partial charge in [-0.25, -0.2) is 4.98 Å². The number of carbonyl (C=O) groups excluding carboxylic acids is 1. The SMILES string of the molecule is Cc1cccn2cc(CC(=O)N3CCN(C[C@H](C)O)CC3)nc12. The number of rotatable bonds is 4. The average Bonchev–Trinajstić information content (AvgIpc) is 2.91. The molecule has 0 aromatic carbocycles. The van der Waals surface area contributed by atoms with Crippen molar-refractivity contribution in [2.24, 2.45) is 0 Å². The standard InChI is InChI=1S/C17H24N4O2/c1-13-4-3-5-21-12-15(18-17(13)21)10-16(23)20-8-6-19(7-9-20)11-14(2)22/h3-5,12,14,22H,6-11H2,1-2H3/t14-/m0/s1. The number of piperazine rings is 1. The van der Waals surface area contributed by atoms with Gasteiger partial charge in [0.25, 0.3) is 0 Å². The van der Waals surface area contributed by atoms with Gasteiger partial charge < -0.3 is 14.4 Å². The molecule has 0 saturated carbocycles. The van der Waals surface area contributed by atoms with Crippen LogP contribution in [0.15, 0.2) is 24.5 Å². The summed E-state index contributed by atoms with van der Waals surface area (Å²) in [5, 5.41) is 9.43. The van der Waals surface area contributed by atoms with Gasteiger partial charge >= 0.3 is 0 Å². The van der Waals surface area contributed by atoms with Gasteiger partial charge in [0.15, 0.2) is 0 Å². The highest BCUT2D eigenvalue weighted by Gasteiger charge is 2.22. The normalized spacial score (nSPS) is 17.6. The summed E-state index contributed by atoms with van der Waals surface area (Å²) in [5.74, 6) is 0.128. The first-order valence-corrected chi connectivity index (χ1v) is 8.14. The summed E-state index contributed by atoms with van der Waals surface area (Å²) in [6, 6.07) is 4.01. The van der Waals surface area contributed by atoms with E-state index in [2.05, 4.69) is 9.88 Å². The number of amides is 1. The molecule has 1 N–H and O–H groups in total. The molecule has 0 bridgehead atoms. The summed E-state index contributed by atoms with van der Waals surface area (Å²) in [7, 11) is 0. The van der Waals surface area contributed by atoms with Crippen molar-refractivity contribution in [3.05, 3.63) is 35.8 Å². The predicted octanol–water partition coefficient (Wildman–Crippen LogP) is 0.710. The lowest BCUT2D eigenvalue weighted by Crippen LogP contribution is -2.50. The minimum Gasteiger partial charge on any atom is -0.392 e. The number of aliphatic hydroxyl groups excluding tert-OH is 1.